The van der Waals surface area contributed by atoms with Crippen molar-refractivity contribution in [2.24, 2.45) is 0 Å². The molecule has 1 rings (SSSR count). The fourth-order valence-electron chi connectivity index (χ4n) is 1.09. The molecule has 0 radical (unpaired) electrons. The number of nitrogens with zero attached hydrogens (tertiary/aromatic N) is 1. The van der Waals surface area contributed by atoms with Crippen molar-refractivity contribution in [1.82, 2.24) is 5.32 Å². The molecule has 0 atom stereocenters. The van der Waals surface area contributed by atoms with Crippen LogP contribution in [0.1, 0.15) is 6.92 Å². The lowest BCUT2D eigenvalue weighted by Crippen LogP contribution is -2.39. The van der Waals surface area contributed by atoms with Crippen molar-refractivity contribution < 1.29 is 9.36 Å². The summed E-state index contributed by atoms with van der Waals surface area (Å²) >= 11 is 1.72. The average Bonchev–Trinajstić information content (AvgIpc) is 2.18. The van der Waals surface area contributed by atoms with Gasteiger partial charge in [0.2, 0.25) is 5.91 Å². The zero-order valence-corrected chi connectivity index (χ0v) is 9.30. The van der Waals surface area contributed by atoms with Gasteiger partial charge in [0.25, 0.3) is 0 Å². The van der Waals surface area contributed by atoms with Gasteiger partial charge in [0.1, 0.15) is 0 Å². The maximum Gasteiger partial charge on any atom is 0.217 e. The van der Waals surface area contributed by atoms with Gasteiger partial charge in [-0.25, -0.2) is 4.57 Å². The fourth-order valence-corrected chi connectivity index (χ4v) is 1.48. The normalized spacial score (nSPS) is 9.86. The number of amides is 1. The Balaban J connectivity index is 2.40. The highest BCUT2D eigenvalue weighted by atomic mass is 32.2. The van der Waals surface area contributed by atoms with Crippen molar-refractivity contribution >= 4 is 17.7 Å². The van der Waals surface area contributed by atoms with Crippen molar-refractivity contribution in [3.63, 3.8) is 0 Å². The van der Waals surface area contributed by atoms with Crippen LogP contribution in [0.15, 0.2) is 29.4 Å². The summed E-state index contributed by atoms with van der Waals surface area (Å²) < 4.78 is 2.05. The summed E-state index contributed by atoms with van der Waals surface area (Å²) in [6, 6.07) is 4.14. The van der Waals surface area contributed by atoms with Crippen molar-refractivity contribution in [3.05, 3.63) is 24.5 Å². The maximum absolute atomic E-state index is 10.6. The van der Waals surface area contributed by atoms with Crippen LogP contribution in [-0.2, 0) is 11.3 Å². The Hall–Kier alpha value is -1.03. The topological polar surface area (TPSA) is 33.0 Å². The minimum absolute atomic E-state index is 0.0198. The van der Waals surface area contributed by atoms with Crippen LogP contribution in [0.2, 0.25) is 0 Å². The Bertz CT molecular complexity index is 297. The molecule has 0 aliphatic carbocycles. The highest BCUT2D eigenvalue weighted by molar-refractivity contribution is 7.98. The molecule has 0 aliphatic rings. The van der Waals surface area contributed by atoms with E-state index in [0.29, 0.717) is 6.54 Å². The van der Waals surface area contributed by atoms with Gasteiger partial charge in [0, 0.05) is 24.0 Å². The number of pyridine rings is 1. The molecular formula is C10H15N2OS+. The van der Waals surface area contributed by atoms with Gasteiger partial charge in [-0.05, 0) is 6.26 Å². The van der Waals surface area contributed by atoms with Crippen LogP contribution in [0.5, 0.6) is 0 Å². The zero-order valence-electron chi connectivity index (χ0n) is 8.49. The summed E-state index contributed by atoms with van der Waals surface area (Å²) in [5.41, 5.74) is 0. The third-order valence-corrected chi connectivity index (χ3v) is 2.58. The molecule has 1 aromatic rings. The second-order valence-electron chi connectivity index (χ2n) is 2.96. The summed E-state index contributed by atoms with van der Waals surface area (Å²) in [5.74, 6) is 0.0198. The van der Waals surface area contributed by atoms with E-state index >= 15 is 0 Å². The van der Waals surface area contributed by atoms with E-state index in [4.69, 9.17) is 0 Å². The third-order valence-electron chi connectivity index (χ3n) is 1.84. The minimum atomic E-state index is 0.0198. The highest BCUT2D eigenvalue weighted by Gasteiger charge is 2.00. The number of carbonyl (C=O) groups is 1. The van der Waals surface area contributed by atoms with Crippen LogP contribution in [0.4, 0.5) is 0 Å². The molecule has 0 fully saturated rings. The van der Waals surface area contributed by atoms with Gasteiger partial charge in [-0.2, -0.15) is 0 Å². The van der Waals surface area contributed by atoms with Crippen LogP contribution in [0, 0.1) is 0 Å². The second kappa shape index (κ2) is 5.65. The lowest BCUT2D eigenvalue weighted by molar-refractivity contribution is -0.695. The standard InChI is InChI=1S/C10H14N2OS/c1-9(13)11-5-8-12-6-3-10(14-2)4-7-12/h3-4,6-7H,5,8H2,1-2H3/p+1. The Kier molecular flexibility index (Phi) is 4.46. The summed E-state index contributed by atoms with van der Waals surface area (Å²) in [5, 5.41) is 2.76. The van der Waals surface area contributed by atoms with Crippen molar-refractivity contribution in [3.8, 4) is 0 Å². The van der Waals surface area contributed by atoms with Gasteiger partial charge >= 0.3 is 0 Å². The Morgan fingerprint density at radius 1 is 1.50 bits per heavy atom. The number of hydrogen-bond donors (Lipinski definition) is 1. The summed E-state index contributed by atoms with van der Waals surface area (Å²) in [6.45, 7) is 3.02. The molecule has 1 heterocycles. The average molecular weight is 211 g/mol. The number of hydrogen-bond acceptors (Lipinski definition) is 2. The lowest BCUT2D eigenvalue weighted by Gasteiger charge is -1.99. The van der Waals surface area contributed by atoms with Gasteiger partial charge in [-0.3, -0.25) is 4.79 Å². The molecule has 0 bridgehead atoms. The van der Waals surface area contributed by atoms with Gasteiger partial charge < -0.3 is 5.32 Å². The predicted molar refractivity (Wildman–Crippen MR) is 57.1 cm³/mol. The summed E-state index contributed by atoms with van der Waals surface area (Å²) in [7, 11) is 0. The van der Waals surface area contributed by atoms with E-state index in [-0.39, 0.29) is 5.91 Å². The molecule has 1 amide bonds. The molecule has 0 spiro atoms. The first-order valence-corrected chi connectivity index (χ1v) is 5.72. The smallest absolute Gasteiger partial charge is 0.217 e. The minimum Gasteiger partial charge on any atom is -0.350 e. The number of carbonyl (C=O) groups excluding carboxylic acids is 1. The van der Waals surface area contributed by atoms with Gasteiger partial charge in [0.05, 0.1) is 6.54 Å². The van der Waals surface area contributed by atoms with Crippen molar-refractivity contribution in [2.75, 3.05) is 12.8 Å². The van der Waals surface area contributed by atoms with Gasteiger partial charge in [-0.1, -0.05) is 0 Å². The molecule has 1 N–H and O–H groups in total. The molecule has 3 nitrogen and oxygen atoms in total. The molecule has 4 heteroatoms. The quantitative estimate of drug-likeness (QED) is 0.591. The fraction of sp³-hybridized carbons (Fsp3) is 0.400. The van der Waals surface area contributed by atoms with E-state index in [1.807, 2.05) is 12.4 Å². The zero-order chi connectivity index (χ0) is 10.4. The van der Waals surface area contributed by atoms with Crippen LogP contribution in [0.3, 0.4) is 0 Å². The summed E-state index contributed by atoms with van der Waals surface area (Å²) in [4.78, 5) is 11.9. The maximum atomic E-state index is 10.6. The molecule has 0 unspecified atom stereocenters. The molecule has 76 valence electrons. The molecule has 0 aromatic carbocycles. The van der Waals surface area contributed by atoms with Crippen molar-refractivity contribution in [2.45, 2.75) is 18.4 Å². The highest BCUT2D eigenvalue weighted by Crippen LogP contribution is 2.10. The molecule has 0 aliphatic heterocycles. The van der Waals surface area contributed by atoms with E-state index in [2.05, 4.69) is 28.3 Å². The Labute approximate surface area is 88.5 Å². The number of nitrogens with one attached hydrogen (secondary N) is 1. The first-order valence-electron chi connectivity index (χ1n) is 4.50. The van der Waals surface area contributed by atoms with E-state index in [9.17, 15) is 4.79 Å². The van der Waals surface area contributed by atoms with E-state index in [1.54, 1.807) is 11.8 Å². The molecule has 1 aromatic heterocycles. The first-order chi connectivity index (χ1) is 6.72. The van der Waals surface area contributed by atoms with E-state index in [1.165, 1.54) is 11.8 Å². The SMILES string of the molecule is CSc1cc[n+](CCNC(C)=O)cc1. The Morgan fingerprint density at radius 2 is 2.14 bits per heavy atom. The lowest BCUT2D eigenvalue weighted by atomic mass is 10.4. The van der Waals surface area contributed by atoms with E-state index < -0.39 is 0 Å². The van der Waals surface area contributed by atoms with Crippen LogP contribution < -0.4 is 9.88 Å². The van der Waals surface area contributed by atoms with Crippen LogP contribution >= 0.6 is 11.8 Å². The molecular weight excluding hydrogens is 196 g/mol. The first kappa shape index (κ1) is 11.0. The summed E-state index contributed by atoms with van der Waals surface area (Å²) in [6.07, 6.45) is 6.10. The van der Waals surface area contributed by atoms with Crippen molar-refractivity contribution in [1.29, 1.82) is 0 Å². The third kappa shape index (κ3) is 3.79. The van der Waals surface area contributed by atoms with E-state index in [0.717, 1.165) is 6.54 Å². The Morgan fingerprint density at radius 3 is 2.64 bits per heavy atom. The monoisotopic (exact) mass is 211 g/mol. The number of thioether (sulfide) groups is 1. The number of aromatic nitrogens is 1. The molecule has 0 saturated heterocycles. The second-order valence-corrected chi connectivity index (χ2v) is 3.84. The molecule has 0 saturated carbocycles. The van der Waals surface area contributed by atoms with Gasteiger partial charge in [0.15, 0.2) is 18.9 Å². The predicted octanol–water partition coefficient (Wildman–Crippen LogP) is 0.832. The largest absolute Gasteiger partial charge is 0.350 e. The van der Waals surface area contributed by atoms with Crippen LogP contribution in [0.25, 0.3) is 0 Å². The van der Waals surface area contributed by atoms with Crippen LogP contribution in [-0.4, -0.2) is 18.7 Å². The van der Waals surface area contributed by atoms with Gasteiger partial charge in [-0.15, -0.1) is 11.8 Å². The number of rotatable bonds is 4. The molecule has 14 heavy (non-hydrogen) atoms.